The van der Waals surface area contributed by atoms with Crippen molar-refractivity contribution in [2.24, 2.45) is 17.8 Å². The van der Waals surface area contributed by atoms with Crippen molar-refractivity contribution < 1.29 is 4.79 Å². The Bertz CT molecular complexity index is 272. The lowest BCUT2D eigenvalue weighted by atomic mass is 9.82. The predicted octanol–water partition coefficient (Wildman–Crippen LogP) is 2.48. The summed E-state index contributed by atoms with van der Waals surface area (Å²) in [6.45, 7) is 6.15. The van der Waals surface area contributed by atoms with E-state index in [1.54, 1.807) is 0 Å². The van der Waals surface area contributed by atoms with E-state index in [0.29, 0.717) is 0 Å². The Labute approximate surface area is 98.2 Å². The van der Waals surface area contributed by atoms with E-state index < -0.39 is 0 Å². The molecule has 3 heteroatoms. The average Bonchev–Trinajstić information content (AvgIpc) is 2.26. The fourth-order valence-corrected chi connectivity index (χ4v) is 2.14. The average molecular weight is 222 g/mol. The molecule has 0 heterocycles. The van der Waals surface area contributed by atoms with Crippen LogP contribution in [0.25, 0.3) is 0 Å². The lowest BCUT2D eigenvalue weighted by molar-refractivity contribution is -0.126. The smallest absolute Gasteiger partial charge is 0.224 e. The second-order valence-corrected chi connectivity index (χ2v) is 5.32. The number of amides is 1. The first-order chi connectivity index (χ1) is 7.54. The Morgan fingerprint density at radius 3 is 2.31 bits per heavy atom. The van der Waals surface area contributed by atoms with E-state index in [-0.39, 0.29) is 23.8 Å². The van der Waals surface area contributed by atoms with Crippen LogP contribution >= 0.6 is 0 Å². The Morgan fingerprint density at radius 2 is 1.88 bits per heavy atom. The van der Waals surface area contributed by atoms with Gasteiger partial charge in [-0.05, 0) is 37.5 Å². The van der Waals surface area contributed by atoms with Crippen LogP contribution in [0.4, 0.5) is 0 Å². The summed E-state index contributed by atoms with van der Waals surface area (Å²) in [5, 5.41) is 11.8. The van der Waals surface area contributed by atoms with E-state index in [9.17, 15) is 4.79 Å². The Hall–Kier alpha value is -1.04. The van der Waals surface area contributed by atoms with Gasteiger partial charge in [-0.25, -0.2) is 0 Å². The zero-order chi connectivity index (χ0) is 12.1. The molecule has 1 aliphatic rings. The van der Waals surface area contributed by atoms with Crippen molar-refractivity contribution in [3.63, 3.8) is 0 Å². The van der Waals surface area contributed by atoms with Gasteiger partial charge in [0, 0.05) is 5.92 Å². The molecule has 1 rings (SSSR count). The van der Waals surface area contributed by atoms with E-state index in [0.717, 1.165) is 31.6 Å². The molecule has 0 aromatic carbocycles. The minimum atomic E-state index is -0.341. The molecule has 0 spiro atoms. The fraction of sp³-hybridized carbons (Fsp3) is 0.846. The first kappa shape index (κ1) is 13.0. The topological polar surface area (TPSA) is 52.9 Å². The molecule has 1 amide bonds. The maximum Gasteiger partial charge on any atom is 0.224 e. The Balaban J connectivity index is 2.43. The van der Waals surface area contributed by atoms with Crippen molar-refractivity contribution >= 4 is 5.91 Å². The minimum absolute atomic E-state index is 0.0761. The van der Waals surface area contributed by atoms with Crippen molar-refractivity contribution in [3.05, 3.63) is 0 Å². The van der Waals surface area contributed by atoms with Gasteiger partial charge in [-0.2, -0.15) is 5.26 Å². The summed E-state index contributed by atoms with van der Waals surface area (Å²) in [6, 6.07) is 1.81. The standard InChI is InChI=1S/C13H22N2O/c1-9(2)12(8-14)15-13(16)11-6-4-10(3)5-7-11/h9-12H,4-7H2,1-3H3,(H,15,16). The molecule has 1 aliphatic carbocycles. The molecule has 0 aliphatic heterocycles. The molecule has 1 N–H and O–H groups in total. The summed E-state index contributed by atoms with van der Waals surface area (Å²) in [5.41, 5.74) is 0. The van der Waals surface area contributed by atoms with Crippen LogP contribution in [0.1, 0.15) is 46.5 Å². The largest absolute Gasteiger partial charge is 0.340 e. The number of nitriles is 1. The molecule has 0 aromatic rings. The third-order valence-corrected chi connectivity index (χ3v) is 3.49. The normalized spacial score (nSPS) is 27.2. The number of nitrogens with one attached hydrogen (secondary N) is 1. The summed E-state index contributed by atoms with van der Waals surface area (Å²) >= 11 is 0. The predicted molar refractivity (Wildman–Crippen MR) is 63.5 cm³/mol. The highest BCUT2D eigenvalue weighted by atomic mass is 16.1. The molecule has 90 valence electrons. The molecular weight excluding hydrogens is 200 g/mol. The van der Waals surface area contributed by atoms with E-state index >= 15 is 0 Å². The van der Waals surface area contributed by atoms with Gasteiger partial charge < -0.3 is 5.32 Å². The van der Waals surface area contributed by atoms with Crippen LogP contribution in [0, 0.1) is 29.1 Å². The van der Waals surface area contributed by atoms with Crippen LogP contribution in [0.3, 0.4) is 0 Å². The van der Waals surface area contributed by atoms with Gasteiger partial charge in [0.1, 0.15) is 6.04 Å². The van der Waals surface area contributed by atoms with E-state index in [4.69, 9.17) is 5.26 Å². The van der Waals surface area contributed by atoms with Crippen LogP contribution in [0.2, 0.25) is 0 Å². The van der Waals surface area contributed by atoms with E-state index in [1.165, 1.54) is 0 Å². The molecule has 1 unspecified atom stereocenters. The molecule has 0 saturated heterocycles. The molecule has 1 atom stereocenters. The summed E-state index contributed by atoms with van der Waals surface area (Å²) < 4.78 is 0. The zero-order valence-corrected chi connectivity index (χ0v) is 10.5. The SMILES string of the molecule is CC1CCC(C(=O)NC(C#N)C(C)C)CC1. The summed E-state index contributed by atoms with van der Waals surface area (Å²) in [6.07, 6.45) is 4.22. The van der Waals surface area contributed by atoms with Crippen LogP contribution < -0.4 is 5.32 Å². The Morgan fingerprint density at radius 1 is 1.31 bits per heavy atom. The molecule has 0 aromatic heterocycles. The highest BCUT2D eigenvalue weighted by Gasteiger charge is 2.26. The third kappa shape index (κ3) is 3.52. The molecule has 16 heavy (non-hydrogen) atoms. The lowest BCUT2D eigenvalue weighted by Crippen LogP contribution is -2.41. The number of rotatable bonds is 3. The van der Waals surface area contributed by atoms with Gasteiger partial charge in [0.2, 0.25) is 5.91 Å². The maximum atomic E-state index is 11.9. The Kier molecular flexibility index (Phi) is 4.79. The van der Waals surface area contributed by atoms with Gasteiger partial charge in [0.15, 0.2) is 0 Å². The van der Waals surface area contributed by atoms with Gasteiger partial charge in [0.05, 0.1) is 6.07 Å². The van der Waals surface area contributed by atoms with Crippen LogP contribution in [-0.4, -0.2) is 11.9 Å². The molecule has 3 nitrogen and oxygen atoms in total. The number of carbonyl (C=O) groups is 1. The summed E-state index contributed by atoms with van der Waals surface area (Å²) in [5.74, 6) is 1.13. The minimum Gasteiger partial charge on any atom is -0.340 e. The van der Waals surface area contributed by atoms with Crippen molar-refractivity contribution in [2.45, 2.75) is 52.5 Å². The summed E-state index contributed by atoms with van der Waals surface area (Å²) in [7, 11) is 0. The van der Waals surface area contributed by atoms with Crippen molar-refractivity contribution in [2.75, 3.05) is 0 Å². The van der Waals surface area contributed by atoms with Crippen molar-refractivity contribution in [3.8, 4) is 6.07 Å². The highest BCUT2D eigenvalue weighted by Crippen LogP contribution is 2.28. The van der Waals surface area contributed by atoms with Crippen molar-refractivity contribution in [1.29, 1.82) is 5.26 Å². The number of nitrogens with zero attached hydrogens (tertiary/aromatic N) is 1. The molecule has 0 bridgehead atoms. The number of hydrogen-bond acceptors (Lipinski definition) is 2. The quantitative estimate of drug-likeness (QED) is 0.797. The van der Waals surface area contributed by atoms with Gasteiger partial charge in [-0.1, -0.05) is 20.8 Å². The second kappa shape index (κ2) is 5.89. The van der Waals surface area contributed by atoms with Crippen molar-refractivity contribution in [1.82, 2.24) is 5.32 Å². The molecule has 1 saturated carbocycles. The number of carbonyl (C=O) groups excluding carboxylic acids is 1. The van der Waals surface area contributed by atoms with Gasteiger partial charge >= 0.3 is 0 Å². The maximum absolute atomic E-state index is 11.9. The van der Waals surface area contributed by atoms with E-state index in [1.807, 2.05) is 13.8 Å². The third-order valence-electron chi connectivity index (χ3n) is 3.49. The number of hydrogen-bond donors (Lipinski definition) is 1. The van der Waals surface area contributed by atoms with E-state index in [2.05, 4.69) is 18.3 Å². The molecule has 1 fully saturated rings. The summed E-state index contributed by atoms with van der Waals surface area (Å²) in [4.78, 5) is 11.9. The van der Waals surface area contributed by atoms with Gasteiger partial charge in [0.25, 0.3) is 0 Å². The highest BCUT2D eigenvalue weighted by molar-refractivity contribution is 5.79. The first-order valence-electron chi connectivity index (χ1n) is 6.24. The van der Waals surface area contributed by atoms with Crippen LogP contribution in [0.15, 0.2) is 0 Å². The van der Waals surface area contributed by atoms with Gasteiger partial charge in [-0.3, -0.25) is 4.79 Å². The monoisotopic (exact) mass is 222 g/mol. The first-order valence-corrected chi connectivity index (χ1v) is 6.24. The molecular formula is C13H22N2O. The second-order valence-electron chi connectivity index (χ2n) is 5.32. The lowest BCUT2D eigenvalue weighted by Gasteiger charge is -2.26. The zero-order valence-electron chi connectivity index (χ0n) is 10.5. The van der Waals surface area contributed by atoms with Gasteiger partial charge in [-0.15, -0.1) is 0 Å². The van der Waals surface area contributed by atoms with Crippen LogP contribution in [0.5, 0.6) is 0 Å². The molecule has 0 radical (unpaired) electrons. The van der Waals surface area contributed by atoms with Crippen LogP contribution in [-0.2, 0) is 4.79 Å². The fourth-order valence-electron chi connectivity index (χ4n) is 2.14.